The summed E-state index contributed by atoms with van der Waals surface area (Å²) in [5, 5.41) is 3.48. The summed E-state index contributed by atoms with van der Waals surface area (Å²) < 4.78 is 42.3. The molecule has 1 N–H and O–H groups in total. The lowest BCUT2D eigenvalue weighted by molar-refractivity contribution is -0.121. The molecule has 8 heteroatoms. The van der Waals surface area contributed by atoms with Gasteiger partial charge >= 0.3 is 0 Å². The average molecular weight is 489 g/mol. The fraction of sp³-hybridized carbons (Fsp3) is 0.320. The number of fused-ring (bicyclic) bond motifs is 1. The van der Waals surface area contributed by atoms with E-state index in [-0.39, 0.29) is 27.9 Å². The van der Waals surface area contributed by atoms with Gasteiger partial charge in [-0.1, -0.05) is 47.5 Å². The number of hydrogen-bond donors (Lipinski definition) is 1. The summed E-state index contributed by atoms with van der Waals surface area (Å²) >= 11 is 6.05. The number of nitrogens with zero attached hydrogens (tertiary/aromatic N) is 1. The molecule has 4 rings (SSSR count). The summed E-state index contributed by atoms with van der Waals surface area (Å²) in [4.78, 5) is 12.6. The van der Waals surface area contributed by atoms with E-state index >= 15 is 0 Å². The Bertz CT molecular complexity index is 1290. The number of nitrogens with one attached hydrogen (secondary N) is 1. The molecule has 3 aromatic rings. The Morgan fingerprint density at radius 1 is 1.12 bits per heavy atom. The first kappa shape index (κ1) is 23.5. The van der Waals surface area contributed by atoms with Crippen LogP contribution in [0.1, 0.15) is 37.7 Å². The quantitative estimate of drug-likeness (QED) is 0.431. The fourth-order valence-corrected chi connectivity index (χ4v) is 6.17. The minimum atomic E-state index is -3.92. The molecule has 0 bridgehead atoms. The molecule has 0 atom stereocenters. The fourth-order valence-electron chi connectivity index (χ4n) is 4.23. The third kappa shape index (κ3) is 5.47. The molecule has 2 aromatic carbocycles. The minimum Gasteiger partial charge on any atom is -0.354 e. The molecule has 1 heterocycles. The molecule has 0 saturated carbocycles. The van der Waals surface area contributed by atoms with Gasteiger partial charge in [0.25, 0.3) is 0 Å². The number of hydrogen-bond acceptors (Lipinski definition) is 3. The number of carbonyl (C=O) groups is 1. The average Bonchev–Trinajstić information content (AvgIpc) is 3.17. The van der Waals surface area contributed by atoms with Gasteiger partial charge in [0.05, 0.1) is 10.6 Å². The first-order valence-corrected chi connectivity index (χ1v) is 13.1. The zero-order chi connectivity index (χ0) is 23.4. The van der Waals surface area contributed by atoms with Crippen LogP contribution in [0.2, 0.25) is 5.02 Å². The van der Waals surface area contributed by atoms with Crippen molar-refractivity contribution < 1.29 is 17.6 Å². The molecule has 1 amide bonds. The third-order valence-corrected chi connectivity index (χ3v) is 7.97. The molecule has 0 radical (unpaired) electrons. The molecule has 0 aliphatic heterocycles. The summed E-state index contributed by atoms with van der Waals surface area (Å²) in [5.74, 6) is -1.41. The molecule has 33 heavy (non-hydrogen) atoms. The minimum absolute atomic E-state index is 0.00443. The highest BCUT2D eigenvalue weighted by atomic mass is 35.5. The normalized spacial score (nSPS) is 14.3. The van der Waals surface area contributed by atoms with Crippen molar-refractivity contribution in [2.45, 2.75) is 49.3 Å². The number of sulfone groups is 1. The van der Waals surface area contributed by atoms with Crippen LogP contribution < -0.4 is 5.32 Å². The van der Waals surface area contributed by atoms with E-state index in [2.05, 4.69) is 11.4 Å². The lowest BCUT2D eigenvalue weighted by Crippen LogP contribution is -2.28. The van der Waals surface area contributed by atoms with E-state index in [1.165, 1.54) is 42.8 Å². The Hall–Kier alpha value is -2.64. The molecular weight excluding hydrogens is 463 g/mol. The van der Waals surface area contributed by atoms with Crippen molar-refractivity contribution in [1.82, 2.24) is 9.88 Å². The van der Waals surface area contributed by atoms with Gasteiger partial charge in [-0.25, -0.2) is 12.8 Å². The van der Waals surface area contributed by atoms with Crippen LogP contribution in [-0.4, -0.2) is 25.4 Å². The van der Waals surface area contributed by atoms with Gasteiger partial charge in [-0.3, -0.25) is 4.79 Å². The van der Waals surface area contributed by atoms with Gasteiger partial charge in [-0.15, -0.1) is 0 Å². The molecule has 1 aliphatic rings. The van der Waals surface area contributed by atoms with Crippen LogP contribution in [0.5, 0.6) is 0 Å². The van der Waals surface area contributed by atoms with Crippen LogP contribution in [0, 0.1) is 5.82 Å². The Labute approximate surface area is 198 Å². The highest BCUT2D eigenvalue weighted by molar-refractivity contribution is 7.90. The molecular formula is C25H26ClFN2O3S. The molecule has 174 valence electrons. The largest absolute Gasteiger partial charge is 0.354 e. The standard InChI is InChI=1S/C25H26ClFN2O3S/c26-21-10-6-11-22(27)20(21)17-33(31,32)24-15-29(23-12-5-4-9-19(23)24)16-25(30)28-14-13-18-7-2-1-3-8-18/h4-7,9-12,15H,1-3,8,13-14,16-17H2,(H,28,30). The monoisotopic (exact) mass is 488 g/mol. The highest BCUT2D eigenvalue weighted by Crippen LogP contribution is 2.30. The number of allylic oxidation sites excluding steroid dienone is 1. The van der Waals surface area contributed by atoms with Gasteiger partial charge in [-0.2, -0.15) is 0 Å². The number of carbonyl (C=O) groups excluding carboxylic acids is 1. The first-order valence-electron chi connectivity index (χ1n) is 11.0. The smallest absolute Gasteiger partial charge is 0.239 e. The Morgan fingerprint density at radius 2 is 1.94 bits per heavy atom. The highest BCUT2D eigenvalue weighted by Gasteiger charge is 2.24. The van der Waals surface area contributed by atoms with Crippen molar-refractivity contribution >= 4 is 38.2 Å². The summed E-state index contributed by atoms with van der Waals surface area (Å²) in [5.41, 5.74) is 1.94. The van der Waals surface area contributed by atoms with Gasteiger partial charge in [0.2, 0.25) is 5.91 Å². The van der Waals surface area contributed by atoms with Gasteiger partial charge in [-0.05, 0) is 50.3 Å². The first-order chi connectivity index (χ1) is 15.8. The van der Waals surface area contributed by atoms with Crippen molar-refractivity contribution in [1.29, 1.82) is 0 Å². The maximum absolute atomic E-state index is 14.2. The van der Waals surface area contributed by atoms with Crippen LogP contribution in [-0.2, 0) is 26.9 Å². The van der Waals surface area contributed by atoms with Crippen molar-refractivity contribution in [3.8, 4) is 0 Å². The topological polar surface area (TPSA) is 68.2 Å². The van der Waals surface area contributed by atoms with Crippen molar-refractivity contribution in [2.75, 3.05) is 6.54 Å². The van der Waals surface area contributed by atoms with Gasteiger partial charge in [0.1, 0.15) is 12.4 Å². The lowest BCUT2D eigenvalue weighted by atomic mass is 9.97. The van der Waals surface area contributed by atoms with Crippen LogP contribution in [0.3, 0.4) is 0 Å². The van der Waals surface area contributed by atoms with Gasteiger partial charge in [0, 0.05) is 34.2 Å². The van der Waals surface area contributed by atoms with E-state index in [4.69, 9.17) is 11.6 Å². The third-order valence-electron chi connectivity index (χ3n) is 5.95. The zero-order valence-electron chi connectivity index (χ0n) is 18.2. The maximum atomic E-state index is 14.2. The molecule has 0 unspecified atom stereocenters. The van der Waals surface area contributed by atoms with Gasteiger partial charge in [0.15, 0.2) is 9.84 Å². The van der Waals surface area contributed by atoms with E-state index in [0.717, 1.165) is 19.3 Å². The Kier molecular flexibility index (Phi) is 7.20. The summed E-state index contributed by atoms with van der Waals surface area (Å²) in [7, 11) is -3.92. The van der Waals surface area contributed by atoms with E-state index in [1.54, 1.807) is 28.8 Å². The predicted octanol–water partition coefficient (Wildman–Crippen LogP) is 5.41. The van der Waals surface area contributed by atoms with Crippen LogP contribution >= 0.6 is 11.6 Å². The van der Waals surface area contributed by atoms with Crippen molar-refractivity contribution in [3.05, 3.63) is 76.7 Å². The van der Waals surface area contributed by atoms with Crippen molar-refractivity contribution in [2.24, 2.45) is 0 Å². The molecule has 1 aliphatic carbocycles. The van der Waals surface area contributed by atoms with Crippen LogP contribution in [0.15, 0.2) is 65.2 Å². The van der Waals surface area contributed by atoms with E-state index in [1.807, 2.05) is 0 Å². The summed E-state index contributed by atoms with van der Waals surface area (Å²) in [6.45, 7) is 0.552. The molecule has 0 spiro atoms. The predicted molar refractivity (Wildman–Crippen MR) is 128 cm³/mol. The molecule has 0 saturated heterocycles. The maximum Gasteiger partial charge on any atom is 0.239 e. The molecule has 0 fully saturated rings. The van der Waals surface area contributed by atoms with Crippen LogP contribution in [0.4, 0.5) is 4.39 Å². The van der Waals surface area contributed by atoms with Crippen molar-refractivity contribution in [3.63, 3.8) is 0 Å². The lowest BCUT2D eigenvalue weighted by Gasteiger charge is -2.13. The SMILES string of the molecule is O=C(Cn1cc(S(=O)(=O)Cc2c(F)cccc2Cl)c2ccccc21)NCCC1=CCCCC1. The zero-order valence-corrected chi connectivity index (χ0v) is 19.8. The number of rotatable bonds is 8. The number of benzene rings is 2. The van der Waals surface area contributed by atoms with E-state index in [0.29, 0.717) is 17.4 Å². The second-order valence-electron chi connectivity index (χ2n) is 8.31. The summed E-state index contributed by atoms with van der Waals surface area (Å²) in [6.07, 6.45) is 9.17. The molecule has 1 aromatic heterocycles. The number of amides is 1. The Morgan fingerprint density at radius 3 is 2.70 bits per heavy atom. The van der Waals surface area contributed by atoms with E-state index in [9.17, 15) is 17.6 Å². The number of para-hydroxylation sites is 1. The Balaban J connectivity index is 1.53. The van der Waals surface area contributed by atoms with Gasteiger partial charge < -0.3 is 9.88 Å². The second kappa shape index (κ2) is 10.1. The number of halogens is 2. The second-order valence-corrected chi connectivity index (χ2v) is 10.7. The number of aromatic nitrogens is 1. The van der Waals surface area contributed by atoms with Crippen LogP contribution in [0.25, 0.3) is 10.9 Å². The summed E-state index contributed by atoms with van der Waals surface area (Å²) in [6, 6.07) is 11.1. The van der Waals surface area contributed by atoms with E-state index < -0.39 is 21.4 Å². The molecule has 5 nitrogen and oxygen atoms in total.